The monoisotopic (exact) mass is 402 g/mol. The van der Waals surface area contributed by atoms with E-state index in [1.165, 1.54) is 5.56 Å². The average Bonchev–Trinajstić information content (AvgIpc) is 2.68. The van der Waals surface area contributed by atoms with E-state index in [-0.39, 0.29) is 18.6 Å². The molecule has 2 aromatic rings. The van der Waals surface area contributed by atoms with Crippen molar-refractivity contribution in [1.29, 1.82) is 0 Å². The van der Waals surface area contributed by atoms with Crippen molar-refractivity contribution in [2.24, 2.45) is 0 Å². The van der Waals surface area contributed by atoms with E-state index in [1.54, 1.807) is 12.1 Å². The third kappa shape index (κ3) is 5.96. The normalized spacial score (nSPS) is 15.8. The van der Waals surface area contributed by atoms with Crippen molar-refractivity contribution >= 4 is 17.5 Å². The van der Waals surface area contributed by atoms with E-state index in [1.807, 2.05) is 13.0 Å². The summed E-state index contributed by atoms with van der Waals surface area (Å²) >= 11 is 5.97. The highest BCUT2D eigenvalue weighted by Gasteiger charge is 2.20. The molecule has 1 atom stereocenters. The molecule has 1 aliphatic heterocycles. The fourth-order valence-corrected chi connectivity index (χ4v) is 3.46. The van der Waals surface area contributed by atoms with Crippen molar-refractivity contribution in [2.75, 3.05) is 39.5 Å². The fraction of sp³-hybridized carbons (Fsp3) is 0.409. The Labute approximate surface area is 171 Å². The molecule has 0 saturated carbocycles. The van der Waals surface area contributed by atoms with Crippen molar-refractivity contribution in [3.63, 3.8) is 0 Å². The van der Waals surface area contributed by atoms with Crippen molar-refractivity contribution in [3.8, 4) is 5.75 Å². The number of nitrogens with zero attached hydrogens (tertiary/aromatic N) is 1. The van der Waals surface area contributed by atoms with Gasteiger partial charge in [0, 0.05) is 24.7 Å². The van der Waals surface area contributed by atoms with Gasteiger partial charge in [-0.25, -0.2) is 0 Å². The second kappa shape index (κ2) is 9.92. The Morgan fingerprint density at radius 2 is 1.89 bits per heavy atom. The summed E-state index contributed by atoms with van der Waals surface area (Å²) in [6, 6.07) is 13.6. The zero-order valence-electron chi connectivity index (χ0n) is 16.4. The number of morpholine rings is 1. The summed E-state index contributed by atoms with van der Waals surface area (Å²) in [5, 5.41) is 3.78. The minimum atomic E-state index is -0.145. The first-order valence-electron chi connectivity index (χ1n) is 9.56. The van der Waals surface area contributed by atoms with Crippen LogP contribution in [-0.2, 0) is 9.53 Å². The first kappa shape index (κ1) is 20.6. The molecular formula is C22H27ClN2O3. The van der Waals surface area contributed by atoms with Crippen molar-refractivity contribution in [1.82, 2.24) is 10.2 Å². The van der Waals surface area contributed by atoms with E-state index in [0.29, 0.717) is 10.8 Å². The predicted molar refractivity (Wildman–Crippen MR) is 111 cm³/mol. The highest BCUT2D eigenvalue weighted by Crippen LogP contribution is 2.22. The molecule has 1 N–H and O–H groups in total. The van der Waals surface area contributed by atoms with Gasteiger partial charge in [-0.2, -0.15) is 0 Å². The van der Waals surface area contributed by atoms with E-state index in [2.05, 4.69) is 41.4 Å². The third-order valence-corrected chi connectivity index (χ3v) is 5.09. The number of nitrogens with one attached hydrogen (secondary N) is 1. The predicted octanol–water partition coefficient (Wildman–Crippen LogP) is 3.53. The Morgan fingerprint density at radius 1 is 1.18 bits per heavy atom. The summed E-state index contributed by atoms with van der Waals surface area (Å²) < 4.78 is 11.1. The Bertz CT molecular complexity index is 789. The van der Waals surface area contributed by atoms with Gasteiger partial charge in [-0.3, -0.25) is 9.69 Å². The third-order valence-electron chi connectivity index (χ3n) is 4.86. The molecule has 3 rings (SSSR count). The van der Waals surface area contributed by atoms with Crippen LogP contribution in [0.4, 0.5) is 0 Å². The Kier molecular flexibility index (Phi) is 7.31. The van der Waals surface area contributed by atoms with Crippen LogP contribution in [0.15, 0.2) is 42.5 Å². The fourth-order valence-electron chi connectivity index (χ4n) is 3.23. The molecule has 0 spiro atoms. The zero-order chi connectivity index (χ0) is 19.9. The van der Waals surface area contributed by atoms with E-state index in [4.69, 9.17) is 21.1 Å². The smallest absolute Gasteiger partial charge is 0.258 e. The molecule has 2 aromatic carbocycles. The van der Waals surface area contributed by atoms with Crippen LogP contribution in [0.25, 0.3) is 0 Å². The van der Waals surface area contributed by atoms with Crippen LogP contribution in [0.5, 0.6) is 5.75 Å². The number of hydrogen-bond acceptors (Lipinski definition) is 4. The molecule has 0 aromatic heterocycles. The maximum absolute atomic E-state index is 12.6. The Morgan fingerprint density at radius 3 is 2.57 bits per heavy atom. The number of rotatable bonds is 7. The first-order chi connectivity index (χ1) is 13.5. The highest BCUT2D eigenvalue weighted by atomic mass is 35.5. The lowest BCUT2D eigenvalue weighted by Gasteiger charge is -2.31. The lowest BCUT2D eigenvalue weighted by molar-refractivity contribution is -0.124. The second-order valence-corrected chi connectivity index (χ2v) is 7.58. The van der Waals surface area contributed by atoms with Gasteiger partial charge in [-0.05, 0) is 43.2 Å². The number of aryl methyl sites for hydroxylation is 2. The van der Waals surface area contributed by atoms with Gasteiger partial charge in [0.15, 0.2) is 6.61 Å². The van der Waals surface area contributed by atoms with Gasteiger partial charge in [0.25, 0.3) is 5.91 Å². The number of ether oxygens (including phenoxy) is 2. The van der Waals surface area contributed by atoms with Gasteiger partial charge in [-0.1, -0.05) is 41.4 Å². The van der Waals surface area contributed by atoms with Crippen LogP contribution < -0.4 is 10.1 Å². The molecule has 1 unspecified atom stereocenters. The summed E-state index contributed by atoms with van der Waals surface area (Å²) in [5.74, 6) is 0.521. The number of hydrogen-bond donors (Lipinski definition) is 1. The molecule has 1 amide bonds. The summed E-state index contributed by atoms with van der Waals surface area (Å²) in [6.07, 6.45) is 0. The molecule has 1 heterocycles. The Balaban J connectivity index is 1.63. The molecule has 1 saturated heterocycles. The van der Waals surface area contributed by atoms with Crippen LogP contribution in [-0.4, -0.2) is 50.3 Å². The second-order valence-electron chi connectivity index (χ2n) is 7.14. The molecule has 28 heavy (non-hydrogen) atoms. The van der Waals surface area contributed by atoms with Crippen LogP contribution in [0.3, 0.4) is 0 Å². The van der Waals surface area contributed by atoms with Gasteiger partial charge in [0.2, 0.25) is 0 Å². The van der Waals surface area contributed by atoms with Gasteiger partial charge in [0.05, 0.1) is 19.3 Å². The number of benzene rings is 2. The van der Waals surface area contributed by atoms with Crippen LogP contribution in [0.2, 0.25) is 5.02 Å². The van der Waals surface area contributed by atoms with E-state index >= 15 is 0 Å². The maximum atomic E-state index is 12.6. The summed E-state index contributed by atoms with van der Waals surface area (Å²) in [7, 11) is 0. The molecule has 1 aliphatic rings. The van der Waals surface area contributed by atoms with Crippen molar-refractivity contribution in [2.45, 2.75) is 19.9 Å². The van der Waals surface area contributed by atoms with Crippen molar-refractivity contribution in [3.05, 3.63) is 64.2 Å². The molecule has 0 aliphatic carbocycles. The lowest BCUT2D eigenvalue weighted by Crippen LogP contribution is -2.44. The summed E-state index contributed by atoms with van der Waals surface area (Å²) in [6.45, 7) is 7.89. The van der Waals surface area contributed by atoms with Crippen LogP contribution >= 0.6 is 11.6 Å². The maximum Gasteiger partial charge on any atom is 0.258 e. The molecule has 6 heteroatoms. The number of amides is 1. The number of carbonyl (C=O) groups is 1. The largest absolute Gasteiger partial charge is 0.484 e. The van der Waals surface area contributed by atoms with Gasteiger partial charge < -0.3 is 14.8 Å². The summed E-state index contributed by atoms with van der Waals surface area (Å²) in [5.41, 5.74) is 3.19. The topological polar surface area (TPSA) is 50.8 Å². The van der Waals surface area contributed by atoms with Gasteiger partial charge in [0.1, 0.15) is 5.75 Å². The van der Waals surface area contributed by atoms with E-state index in [9.17, 15) is 4.79 Å². The SMILES string of the molecule is Cc1ccc(C(CN2CCOCC2)NC(=O)COc2ccc(Cl)cc2C)cc1. The molecular weight excluding hydrogens is 376 g/mol. The summed E-state index contributed by atoms with van der Waals surface area (Å²) in [4.78, 5) is 14.9. The average molecular weight is 403 g/mol. The van der Waals surface area contributed by atoms with E-state index < -0.39 is 0 Å². The molecule has 0 bridgehead atoms. The molecule has 5 nitrogen and oxygen atoms in total. The standard InChI is InChI=1S/C22H27ClN2O3/c1-16-3-5-18(6-4-16)20(14-25-9-11-27-12-10-25)24-22(26)15-28-21-8-7-19(23)13-17(21)2/h3-8,13,20H,9-12,14-15H2,1-2H3,(H,24,26). The van der Waals surface area contributed by atoms with E-state index in [0.717, 1.165) is 44.0 Å². The minimum Gasteiger partial charge on any atom is -0.484 e. The lowest BCUT2D eigenvalue weighted by atomic mass is 10.0. The van der Waals surface area contributed by atoms with Crippen LogP contribution in [0.1, 0.15) is 22.7 Å². The van der Waals surface area contributed by atoms with Crippen molar-refractivity contribution < 1.29 is 14.3 Å². The molecule has 0 radical (unpaired) electrons. The number of halogens is 1. The minimum absolute atomic E-state index is 0.0338. The first-order valence-corrected chi connectivity index (χ1v) is 9.94. The van der Waals surface area contributed by atoms with Gasteiger partial charge in [-0.15, -0.1) is 0 Å². The molecule has 1 fully saturated rings. The highest BCUT2D eigenvalue weighted by molar-refractivity contribution is 6.30. The molecule has 150 valence electrons. The van der Waals surface area contributed by atoms with Crippen LogP contribution in [0, 0.1) is 13.8 Å². The van der Waals surface area contributed by atoms with Gasteiger partial charge >= 0.3 is 0 Å². The Hall–Kier alpha value is -2.08. The zero-order valence-corrected chi connectivity index (χ0v) is 17.2. The quantitative estimate of drug-likeness (QED) is 0.769. The number of carbonyl (C=O) groups excluding carboxylic acids is 1.